The van der Waals surface area contributed by atoms with Gasteiger partial charge in [-0.1, -0.05) is 54.6 Å². The summed E-state index contributed by atoms with van der Waals surface area (Å²) in [4.78, 5) is 26.2. The molecule has 3 rings (SSSR count). The van der Waals surface area contributed by atoms with Crippen LogP contribution in [0.4, 0.5) is 10.5 Å². The fraction of sp³-hybridized carbons (Fsp3) is 0.238. The number of carbonyl (C=O) groups is 2. The standard InChI is InChI=1S/C21H23N3O2/c1-2-22-21(26)23-14-13-20(25)24-15-18-9-4-3-7-16(18)11-12-17-8-5-6-10-19(17)24/h3-12H,2,13-15H2,1H3,(H2,22,23,26)/b12-11-. The number of hydrogen-bond donors (Lipinski definition) is 2. The number of hydrogen-bond acceptors (Lipinski definition) is 2. The third-order valence-electron chi connectivity index (χ3n) is 4.32. The highest BCUT2D eigenvalue weighted by Gasteiger charge is 2.20. The maximum atomic E-state index is 12.9. The predicted molar refractivity (Wildman–Crippen MR) is 105 cm³/mol. The lowest BCUT2D eigenvalue weighted by atomic mass is 10.0. The second-order valence-electron chi connectivity index (χ2n) is 6.11. The first-order valence-corrected chi connectivity index (χ1v) is 8.86. The third-order valence-corrected chi connectivity index (χ3v) is 4.32. The van der Waals surface area contributed by atoms with Gasteiger partial charge < -0.3 is 15.5 Å². The SMILES string of the molecule is CCNC(=O)NCCC(=O)N1Cc2ccccc2/C=C\c2ccccc21. The van der Waals surface area contributed by atoms with Gasteiger partial charge in [0.05, 0.1) is 12.2 Å². The number of para-hydroxylation sites is 1. The Bertz CT molecular complexity index is 830. The molecule has 0 fully saturated rings. The summed E-state index contributed by atoms with van der Waals surface area (Å²) in [6, 6.07) is 15.7. The molecule has 26 heavy (non-hydrogen) atoms. The van der Waals surface area contributed by atoms with Crippen LogP contribution in [0.3, 0.4) is 0 Å². The highest BCUT2D eigenvalue weighted by molar-refractivity contribution is 5.97. The molecular formula is C21H23N3O2. The van der Waals surface area contributed by atoms with Gasteiger partial charge in [0.1, 0.15) is 0 Å². The number of carbonyl (C=O) groups excluding carboxylic acids is 2. The monoisotopic (exact) mass is 349 g/mol. The minimum Gasteiger partial charge on any atom is -0.338 e. The topological polar surface area (TPSA) is 61.4 Å². The lowest BCUT2D eigenvalue weighted by Crippen LogP contribution is -2.39. The van der Waals surface area contributed by atoms with Crippen LogP contribution in [0.2, 0.25) is 0 Å². The zero-order chi connectivity index (χ0) is 18.4. The van der Waals surface area contributed by atoms with E-state index in [1.54, 1.807) is 4.90 Å². The van der Waals surface area contributed by atoms with Crippen LogP contribution in [0.15, 0.2) is 48.5 Å². The van der Waals surface area contributed by atoms with Crippen LogP contribution in [0, 0.1) is 0 Å². The molecule has 0 saturated heterocycles. The molecule has 2 aromatic rings. The second-order valence-corrected chi connectivity index (χ2v) is 6.11. The fourth-order valence-electron chi connectivity index (χ4n) is 3.01. The average molecular weight is 349 g/mol. The Morgan fingerprint density at radius 1 is 0.962 bits per heavy atom. The summed E-state index contributed by atoms with van der Waals surface area (Å²) in [5.41, 5.74) is 4.11. The highest BCUT2D eigenvalue weighted by atomic mass is 16.2. The van der Waals surface area contributed by atoms with Crippen LogP contribution >= 0.6 is 0 Å². The van der Waals surface area contributed by atoms with E-state index in [9.17, 15) is 9.59 Å². The van der Waals surface area contributed by atoms with E-state index in [-0.39, 0.29) is 18.4 Å². The molecule has 0 saturated carbocycles. The van der Waals surface area contributed by atoms with E-state index in [0.717, 1.165) is 22.4 Å². The largest absolute Gasteiger partial charge is 0.338 e. The number of urea groups is 1. The van der Waals surface area contributed by atoms with Crippen molar-refractivity contribution in [3.05, 3.63) is 65.2 Å². The van der Waals surface area contributed by atoms with Crippen molar-refractivity contribution < 1.29 is 9.59 Å². The first-order chi connectivity index (χ1) is 12.7. The minimum absolute atomic E-state index is 0.0145. The summed E-state index contributed by atoms with van der Waals surface area (Å²) in [6.45, 7) is 3.23. The molecule has 1 heterocycles. The number of nitrogens with zero attached hydrogens (tertiary/aromatic N) is 1. The molecule has 0 unspecified atom stereocenters. The van der Waals surface area contributed by atoms with E-state index in [2.05, 4.69) is 22.8 Å². The van der Waals surface area contributed by atoms with Crippen molar-refractivity contribution in [3.8, 4) is 0 Å². The van der Waals surface area contributed by atoms with Crippen LogP contribution < -0.4 is 15.5 Å². The Kier molecular flexibility index (Phi) is 5.69. The van der Waals surface area contributed by atoms with Gasteiger partial charge in [-0.25, -0.2) is 4.79 Å². The number of fused-ring (bicyclic) bond motifs is 2. The normalized spacial score (nSPS) is 13.7. The van der Waals surface area contributed by atoms with E-state index < -0.39 is 0 Å². The fourth-order valence-corrected chi connectivity index (χ4v) is 3.01. The zero-order valence-corrected chi connectivity index (χ0v) is 14.9. The summed E-state index contributed by atoms with van der Waals surface area (Å²) in [5, 5.41) is 5.37. The highest BCUT2D eigenvalue weighted by Crippen LogP contribution is 2.29. The van der Waals surface area contributed by atoms with Crippen molar-refractivity contribution in [2.75, 3.05) is 18.0 Å². The molecule has 5 heteroatoms. The molecule has 1 aliphatic heterocycles. The van der Waals surface area contributed by atoms with Gasteiger partial charge >= 0.3 is 6.03 Å². The maximum absolute atomic E-state index is 12.9. The van der Waals surface area contributed by atoms with Crippen molar-refractivity contribution in [2.24, 2.45) is 0 Å². The van der Waals surface area contributed by atoms with E-state index in [1.165, 1.54) is 0 Å². The van der Waals surface area contributed by atoms with Gasteiger partial charge in [0.2, 0.25) is 5.91 Å². The van der Waals surface area contributed by atoms with Gasteiger partial charge in [0.25, 0.3) is 0 Å². The summed E-state index contributed by atoms with van der Waals surface area (Å²) in [7, 11) is 0. The summed E-state index contributed by atoms with van der Waals surface area (Å²) >= 11 is 0. The quantitative estimate of drug-likeness (QED) is 0.888. The Morgan fingerprint density at radius 2 is 1.65 bits per heavy atom. The first kappa shape index (κ1) is 17.7. The molecule has 3 amide bonds. The molecule has 1 aliphatic rings. The second kappa shape index (κ2) is 8.34. The number of benzene rings is 2. The molecule has 5 nitrogen and oxygen atoms in total. The van der Waals surface area contributed by atoms with Crippen LogP contribution in [0.25, 0.3) is 12.2 Å². The molecule has 0 atom stereocenters. The van der Waals surface area contributed by atoms with Gasteiger partial charge in [0, 0.05) is 19.5 Å². The predicted octanol–water partition coefficient (Wildman–Crippen LogP) is 3.41. The Hall–Kier alpha value is -3.08. The lowest BCUT2D eigenvalue weighted by Gasteiger charge is -2.27. The van der Waals surface area contributed by atoms with Crippen LogP contribution in [0.1, 0.15) is 30.0 Å². The van der Waals surface area contributed by atoms with Crippen LogP contribution in [0.5, 0.6) is 0 Å². The Labute approximate surface area is 153 Å². The van der Waals surface area contributed by atoms with Gasteiger partial charge in [-0.05, 0) is 29.7 Å². The molecule has 2 N–H and O–H groups in total. The number of anilines is 1. The molecule has 0 bridgehead atoms. The van der Waals surface area contributed by atoms with Crippen molar-refractivity contribution in [3.63, 3.8) is 0 Å². The Morgan fingerprint density at radius 3 is 2.46 bits per heavy atom. The summed E-state index contributed by atoms with van der Waals surface area (Å²) in [5.74, 6) is -0.0145. The molecule has 0 radical (unpaired) electrons. The van der Waals surface area contributed by atoms with Crippen molar-refractivity contribution in [1.29, 1.82) is 0 Å². The number of rotatable bonds is 4. The van der Waals surface area contributed by atoms with E-state index in [1.807, 2.05) is 55.5 Å². The summed E-state index contributed by atoms with van der Waals surface area (Å²) in [6.07, 6.45) is 4.38. The minimum atomic E-state index is -0.248. The molecule has 0 spiro atoms. The van der Waals surface area contributed by atoms with Crippen molar-refractivity contribution in [2.45, 2.75) is 19.9 Å². The van der Waals surface area contributed by atoms with Crippen LogP contribution in [-0.2, 0) is 11.3 Å². The smallest absolute Gasteiger partial charge is 0.314 e. The molecule has 0 aromatic heterocycles. The third kappa shape index (κ3) is 4.11. The van der Waals surface area contributed by atoms with Gasteiger partial charge in [-0.15, -0.1) is 0 Å². The number of amides is 3. The van der Waals surface area contributed by atoms with Gasteiger partial charge in [0.15, 0.2) is 0 Å². The van der Waals surface area contributed by atoms with Crippen molar-refractivity contribution >= 4 is 29.8 Å². The zero-order valence-electron chi connectivity index (χ0n) is 14.9. The van der Waals surface area contributed by atoms with Crippen LogP contribution in [-0.4, -0.2) is 25.0 Å². The van der Waals surface area contributed by atoms with Gasteiger partial charge in [-0.2, -0.15) is 0 Å². The van der Waals surface area contributed by atoms with E-state index in [4.69, 9.17) is 0 Å². The maximum Gasteiger partial charge on any atom is 0.314 e. The van der Waals surface area contributed by atoms with E-state index in [0.29, 0.717) is 19.6 Å². The number of nitrogens with one attached hydrogen (secondary N) is 2. The van der Waals surface area contributed by atoms with Gasteiger partial charge in [-0.3, -0.25) is 4.79 Å². The molecular weight excluding hydrogens is 326 g/mol. The Balaban J connectivity index is 1.82. The first-order valence-electron chi connectivity index (χ1n) is 8.86. The lowest BCUT2D eigenvalue weighted by molar-refractivity contribution is -0.118. The van der Waals surface area contributed by atoms with Crippen molar-refractivity contribution in [1.82, 2.24) is 10.6 Å². The molecule has 134 valence electrons. The average Bonchev–Trinajstić information content (AvgIpc) is 2.64. The van der Waals surface area contributed by atoms with E-state index >= 15 is 0 Å². The summed E-state index contributed by atoms with van der Waals surface area (Å²) < 4.78 is 0. The molecule has 2 aromatic carbocycles. The molecule has 0 aliphatic carbocycles.